The van der Waals surface area contributed by atoms with Gasteiger partial charge in [0.15, 0.2) is 0 Å². The third kappa shape index (κ3) is 3.60. The van der Waals surface area contributed by atoms with Crippen molar-refractivity contribution in [1.29, 1.82) is 0 Å². The summed E-state index contributed by atoms with van der Waals surface area (Å²) in [7, 11) is 0. The number of nitrogens with zero attached hydrogens (tertiary/aromatic N) is 2. The Morgan fingerprint density at radius 2 is 2.10 bits per heavy atom. The van der Waals surface area contributed by atoms with E-state index >= 15 is 0 Å². The molecule has 1 aliphatic rings. The van der Waals surface area contributed by atoms with Gasteiger partial charge in [0.25, 0.3) is 5.69 Å². The Balaban J connectivity index is 2.22. The molecule has 1 aromatic rings. The summed E-state index contributed by atoms with van der Waals surface area (Å²) >= 11 is 0. The molecule has 1 fully saturated rings. The predicted molar refractivity (Wildman–Crippen MR) is 81.5 cm³/mol. The molecule has 2 N–H and O–H groups in total. The van der Waals surface area contributed by atoms with Crippen molar-refractivity contribution < 1.29 is 4.92 Å². The lowest BCUT2D eigenvalue weighted by molar-refractivity contribution is -0.383. The lowest BCUT2D eigenvalue weighted by Gasteiger charge is -2.29. The molecule has 0 aliphatic carbocycles. The molecule has 6 heteroatoms. The second-order valence-corrected chi connectivity index (χ2v) is 5.47. The van der Waals surface area contributed by atoms with Gasteiger partial charge in [-0.1, -0.05) is 13.8 Å². The molecule has 0 spiro atoms. The topological polar surface area (TPSA) is 70.4 Å². The second kappa shape index (κ2) is 6.56. The first-order chi connectivity index (χ1) is 9.58. The summed E-state index contributed by atoms with van der Waals surface area (Å²) < 4.78 is 0. The van der Waals surface area contributed by atoms with Gasteiger partial charge in [-0.2, -0.15) is 0 Å². The molecule has 0 unspecified atom stereocenters. The van der Waals surface area contributed by atoms with Crippen LogP contribution in [-0.4, -0.2) is 37.6 Å². The van der Waals surface area contributed by atoms with Gasteiger partial charge in [0, 0.05) is 44.5 Å². The maximum Gasteiger partial charge on any atom is 0.292 e. The van der Waals surface area contributed by atoms with E-state index in [9.17, 15) is 10.1 Å². The van der Waals surface area contributed by atoms with Crippen LogP contribution >= 0.6 is 0 Å². The molecule has 1 aromatic carbocycles. The van der Waals surface area contributed by atoms with Gasteiger partial charge < -0.3 is 15.5 Å². The minimum absolute atomic E-state index is 0.143. The maximum atomic E-state index is 11.1. The van der Waals surface area contributed by atoms with Crippen molar-refractivity contribution in [3.05, 3.63) is 28.3 Å². The summed E-state index contributed by atoms with van der Waals surface area (Å²) in [6.45, 7) is 8.66. The number of hydrogen-bond acceptors (Lipinski definition) is 5. The number of nitro benzene ring substituents is 1. The Hall–Kier alpha value is -1.82. The molecule has 0 bridgehead atoms. The summed E-state index contributed by atoms with van der Waals surface area (Å²) in [4.78, 5) is 13.0. The zero-order chi connectivity index (χ0) is 14.5. The van der Waals surface area contributed by atoms with Gasteiger partial charge in [0.2, 0.25) is 0 Å². The fourth-order valence-electron chi connectivity index (χ4n) is 2.26. The number of nitro groups is 1. The van der Waals surface area contributed by atoms with Crippen LogP contribution in [0.25, 0.3) is 0 Å². The van der Waals surface area contributed by atoms with E-state index in [-0.39, 0.29) is 10.6 Å². The van der Waals surface area contributed by atoms with E-state index in [4.69, 9.17) is 0 Å². The fourth-order valence-corrected chi connectivity index (χ4v) is 2.26. The number of hydrogen-bond donors (Lipinski definition) is 2. The largest absolute Gasteiger partial charge is 0.379 e. The molecule has 1 heterocycles. The monoisotopic (exact) mass is 278 g/mol. The van der Waals surface area contributed by atoms with Gasteiger partial charge >= 0.3 is 0 Å². The quantitative estimate of drug-likeness (QED) is 0.637. The number of anilines is 2. The van der Waals surface area contributed by atoms with E-state index < -0.39 is 0 Å². The molecule has 0 saturated carbocycles. The summed E-state index contributed by atoms with van der Waals surface area (Å²) in [6.07, 6.45) is 0. The van der Waals surface area contributed by atoms with Crippen LogP contribution in [0, 0.1) is 16.0 Å². The third-order valence-electron chi connectivity index (χ3n) is 3.36. The molecular weight excluding hydrogens is 256 g/mol. The maximum absolute atomic E-state index is 11.1. The van der Waals surface area contributed by atoms with Gasteiger partial charge in [-0.05, 0) is 18.1 Å². The van der Waals surface area contributed by atoms with Crippen LogP contribution in [-0.2, 0) is 0 Å². The fraction of sp³-hybridized carbons (Fsp3) is 0.571. The van der Waals surface area contributed by atoms with Crippen molar-refractivity contribution in [2.24, 2.45) is 5.92 Å². The van der Waals surface area contributed by atoms with Crippen LogP contribution in [0.4, 0.5) is 17.1 Å². The molecule has 1 saturated heterocycles. The highest BCUT2D eigenvalue weighted by molar-refractivity contribution is 5.69. The summed E-state index contributed by atoms with van der Waals surface area (Å²) in [5, 5.41) is 17.6. The zero-order valence-corrected chi connectivity index (χ0v) is 12.1. The van der Waals surface area contributed by atoms with Crippen LogP contribution in [0.5, 0.6) is 0 Å². The molecule has 0 aromatic heterocycles. The van der Waals surface area contributed by atoms with Crippen molar-refractivity contribution in [2.45, 2.75) is 13.8 Å². The molecule has 1 aliphatic heterocycles. The Labute approximate surface area is 119 Å². The minimum Gasteiger partial charge on any atom is -0.379 e. The average Bonchev–Trinajstić information content (AvgIpc) is 2.45. The first-order valence-electron chi connectivity index (χ1n) is 7.06. The van der Waals surface area contributed by atoms with Gasteiger partial charge in [-0.3, -0.25) is 10.1 Å². The Morgan fingerprint density at radius 1 is 1.40 bits per heavy atom. The summed E-state index contributed by atoms with van der Waals surface area (Å²) in [6, 6.07) is 5.33. The first kappa shape index (κ1) is 14.6. The molecule has 6 nitrogen and oxygen atoms in total. The van der Waals surface area contributed by atoms with E-state index in [0.717, 1.165) is 38.4 Å². The van der Waals surface area contributed by atoms with E-state index in [1.54, 1.807) is 6.07 Å². The van der Waals surface area contributed by atoms with Gasteiger partial charge in [0.1, 0.15) is 5.69 Å². The van der Waals surface area contributed by atoms with Gasteiger partial charge in [-0.15, -0.1) is 0 Å². The Morgan fingerprint density at radius 3 is 2.70 bits per heavy atom. The smallest absolute Gasteiger partial charge is 0.292 e. The van der Waals surface area contributed by atoms with Crippen molar-refractivity contribution in [3.8, 4) is 0 Å². The van der Waals surface area contributed by atoms with E-state index in [1.807, 2.05) is 12.1 Å². The van der Waals surface area contributed by atoms with E-state index in [0.29, 0.717) is 11.6 Å². The predicted octanol–water partition coefficient (Wildman–Crippen LogP) is 2.07. The first-order valence-corrected chi connectivity index (χ1v) is 7.06. The standard InChI is InChI=1S/C14H22N4O2/c1-11(2)10-16-13-9-12(3-4-14(13)18(19)20)17-7-5-15-6-8-17/h3-4,9,11,15-16H,5-8,10H2,1-2H3. The van der Waals surface area contributed by atoms with Crippen molar-refractivity contribution in [1.82, 2.24) is 5.32 Å². The molecule has 0 atom stereocenters. The SMILES string of the molecule is CC(C)CNc1cc(N2CCNCC2)ccc1[N+](=O)[O-]. The average molecular weight is 278 g/mol. The molecule has 20 heavy (non-hydrogen) atoms. The van der Waals surface area contributed by atoms with Crippen LogP contribution in [0.2, 0.25) is 0 Å². The molecular formula is C14H22N4O2. The zero-order valence-electron chi connectivity index (χ0n) is 12.1. The van der Waals surface area contributed by atoms with Crippen molar-refractivity contribution in [2.75, 3.05) is 42.9 Å². The lowest BCUT2D eigenvalue weighted by atomic mass is 10.2. The highest BCUT2D eigenvalue weighted by Crippen LogP contribution is 2.29. The number of piperazine rings is 1. The minimum atomic E-state index is -0.329. The third-order valence-corrected chi connectivity index (χ3v) is 3.36. The van der Waals surface area contributed by atoms with Gasteiger partial charge in [0.05, 0.1) is 4.92 Å². The highest BCUT2D eigenvalue weighted by atomic mass is 16.6. The van der Waals surface area contributed by atoms with Gasteiger partial charge in [-0.25, -0.2) is 0 Å². The Kier molecular flexibility index (Phi) is 4.79. The van der Waals surface area contributed by atoms with Crippen molar-refractivity contribution >= 4 is 17.1 Å². The molecule has 110 valence electrons. The lowest BCUT2D eigenvalue weighted by Crippen LogP contribution is -2.43. The van der Waals surface area contributed by atoms with E-state index in [2.05, 4.69) is 29.4 Å². The van der Waals surface area contributed by atoms with Crippen LogP contribution in [0.3, 0.4) is 0 Å². The molecule has 0 radical (unpaired) electrons. The van der Waals surface area contributed by atoms with Crippen LogP contribution in [0.1, 0.15) is 13.8 Å². The van der Waals surface area contributed by atoms with Crippen LogP contribution < -0.4 is 15.5 Å². The second-order valence-electron chi connectivity index (χ2n) is 5.47. The number of nitrogens with one attached hydrogen (secondary N) is 2. The summed E-state index contributed by atoms with van der Waals surface area (Å²) in [5.41, 5.74) is 1.80. The molecule has 0 amide bonds. The Bertz CT molecular complexity index is 470. The number of rotatable bonds is 5. The van der Waals surface area contributed by atoms with Crippen molar-refractivity contribution in [3.63, 3.8) is 0 Å². The van der Waals surface area contributed by atoms with Crippen LogP contribution in [0.15, 0.2) is 18.2 Å². The summed E-state index contributed by atoms with van der Waals surface area (Å²) in [5.74, 6) is 0.442. The normalized spacial score (nSPS) is 15.4. The number of benzene rings is 1. The highest BCUT2D eigenvalue weighted by Gasteiger charge is 2.17. The molecule has 2 rings (SSSR count). The van der Waals surface area contributed by atoms with E-state index in [1.165, 1.54) is 0 Å².